The zero-order valence-corrected chi connectivity index (χ0v) is 19.6. The maximum absolute atomic E-state index is 13.5. The zero-order valence-electron chi connectivity index (χ0n) is 18.8. The minimum atomic E-state index is -1.28. The molecular formula is C21H36N2O5S. The number of amides is 2. The molecular weight excluding hydrogens is 392 g/mol. The van der Waals surface area contributed by atoms with Gasteiger partial charge in [-0.15, -0.1) is 11.8 Å². The average Bonchev–Trinajstić information content (AvgIpc) is 3.18. The molecule has 2 fully saturated rings. The van der Waals surface area contributed by atoms with E-state index in [0.29, 0.717) is 26.1 Å². The summed E-state index contributed by atoms with van der Waals surface area (Å²) < 4.78 is 5.58. The van der Waals surface area contributed by atoms with Gasteiger partial charge in [-0.3, -0.25) is 14.4 Å². The second-order valence-electron chi connectivity index (χ2n) is 9.73. The van der Waals surface area contributed by atoms with Crippen molar-refractivity contribution in [2.45, 2.75) is 77.9 Å². The van der Waals surface area contributed by atoms with Crippen LogP contribution in [0, 0.1) is 11.3 Å². The van der Waals surface area contributed by atoms with Gasteiger partial charge in [0, 0.05) is 18.8 Å². The van der Waals surface area contributed by atoms with Crippen LogP contribution in [0.1, 0.15) is 61.3 Å². The predicted octanol–water partition coefficient (Wildman–Crippen LogP) is 2.27. The van der Waals surface area contributed by atoms with Crippen LogP contribution in [0.3, 0.4) is 0 Å². The highest BCUT2D eigenvalue weighted by atomic mass is 32.2. The van der Waals surface area contributed by atoms with Crippen molar-refractivity contribution in [1.29, 1.82) is 0 Å². The molecule has 8 heteroatoms. The molecule has 0 aromatic carbocycles. The number of carbonyl (C=O) groups excluding carboxylic acids is 3. The van der Waals surface area contributed by atoms with Crippen LogP contribution in [0.15, 0.2) is 0 Å². The van der Waals surface area contributed by atoms with Crippen LogP contribution in [-0.4, -0.2) is 74.7 Å². The van der Waals surface area contributed by atoms with Gasteiger partial charge in [-0.25, -0.2) is 0 Å². The summed E-state index contributed by atoms with van der Waals surface area (Å²) >= 11 is 1.69. The summed E-state index contributed by atoms with van der Waals surface area (Å²) in [5, 5.41) is 9.61. The number of ether oxygens (including phenoxy) is 1. The summed E-state index contributed by atoms with van der Waals surface area (Å²) in [7, 11) is 0. The molecule has 166 valence electrons. The standard InChI is InChI=1S/C21H36N2O5S/c1-14(2)20(7,18(27)28-19(4,5)6)17(26)22-9-8-21(13-22)23(10-11-29-21)16(25)12-15(3)24/h14-15,24H,8-13H2,1-7H3/t15-,20-,21?/m1/s1. The van der Waals surface area contributed by atoms with Gasteiger partial charge < -0.3 is 19.6 Å². The number of esters is 1. The molecule has 0 saturated carbocycles. The van der Waals surface area contributed by atoms with Crippen molar-refractivity contribution in [2.24, 2.45) is 11.3 Å². The topological polar surface area (TPSA) is 87.2 Å². The van der Waals surface area contributed by atoms with Crippen molar-refractivity contribution in [2.75, 3.05) is 25.4 Å². The first-order valence-electron chi connectivity index (χ1n) is 10.4. The van der Waals surface area contributed by atoms with E-state index in [1.165, 1.54) is 0 Å². The van der Waals surface area contributed by atoms with Crippen LogP contribution in [-0.2, 0) is 19.1 Å². The second kappa shape index (κ2) is 8.46. The van der Waals surface area contributed by atoms with Gasteiger partial charge in [-0.1, -0.05) is 13.8 Å². The van der Waals surface area contributed by atoms with Crippen molar-refractivity contribution >= 4 is 29.5 Å². The molecule has 29 heavy (non-hydrogen) atoms. The largest absolute Gasteiger partial charge is 0.459 e. The number of thioether (sulfide) groups is 1. The van der Waals surface area contributed by atoms with Gasteiger partial charge in [-0.05, 0) is 47.0 Å². The van der Waals surface area contributed by atoms with E-state index < -0.39 is 28.0 Å². The molecule has 7 nitrogen and oxygen atoms in total. The van der Waals surface area contributed by atoms with Gasteiger partial charge in [0.05, 0.1) is 19.1 Å². The molecule has 2 amide bonds. The Morgan fingerprint density at radius 3 is 2.28 bits per heavy atom. The Morgan fingerprint density at radius 1 is 1.14 bits per heavy atom. The summed E-state index contributed by atoms with van der Waals surface area (Å²) in [5.74, 6) is -0.258. The lowest BCUT2D eigenvalue weighted by Gasteiger charge is -2.38. The lowest BCUT2D eigenvalue weighted by molar-refractivity contribution is -0.176. The number of hydrogen-bond acceptors (Lipinski definition) is 6. The molecule has 2 heterocycles. The van der Waals surface area contributed by atoms with E-state index in [4.69, 9.17) is 4.74 Å². The number of aliphatic hydroxyl groups is 1. The third-order valence-corrected chi connectivity index (χ3v) is 7.35. The van der Waals surface area contributed by atoms with Gasteiger partial charge in [0.15, 0.2) is 0 Å². The predicted molar refractivity (Wildman–Crippen MR) is 113 cm³/mol. The Morgan fingerprint density at radius 2 is 1.76 bits per heavy atom. The molecule has 0 bridgehead atoms. The minimum Gasteiger partial charge on any atom is -0.459 e. The van der Waals surface area contributed by atoms with Gasteiger partial charge in [0.2, 0.25) is 11.8 Å². The summed E-state index contributed by atoms with van der Waals surface area (Å²) in [6.07, 6.45) is 0.0516. The molecule has 2 rings (SSSR count). The number of hydrogen-bond donors (Lipinski definition) is 1. The zero-order chi connectivity index (χ0) is 22.2. The quantitative estimate of drug-likeness (QED) is 0.534. The van der Waals surface area contributed by atoms with Gasteiger partial charge in [0.25, 0.3) is 0 Å². The molecule has 0 aromatic rings. The molecule has 2 saturated heterocycles. The third kappa shape index (κ3) is 4.90. The first kappa shape index (κ1) is 24.0. The highest BCUT2D eigenvalue weighted by Crippen LogP contribution is 2.45. The molecule has 0 radical (unpaired) electrons. The van der Waals surface area contributed by atoms with Crippen molar-refractivity contribution < 1.29 is 24.2 Å². The Labute approximate surface area is 178 Å². The Balaban J connectivity index is 2.21. The van der Waals surface area contributed by atoms with E-state index >= 15 is 0 Å². The Kier molecular flexibility index (Phi) is 7.00. The van der Waals surface area contributed by atoms with E-state index in [2.05, 4.69) is 0 Å². The third-order valence-electron chi connectivity index (χ3n) is 5.87. The van der Waals surface area contributed by atoms with Crippen molar-refractivity contribution in [3.63, 3.8) is 0 Å². The van der Waals surface area contributed by atoms with E-state index in [-0.39, 0.29) is 24.2 Å². The van der Waals surface area contributed by atoms with Crippen LogP contribution in [0.2, 0.25) is 0 Å². The fourth-order valence-electron chi connectivity index (χ4n) is 3.88. The lowest BCUT2D eigenvalue weighted by Crippen LogP contribution is -2.53. The monoisotopic (exact) mass is 428 g/mol. The van der Waals surface area contributed by atoms with Crippen molar-refractivity contribution in [3.05, 3.63) is 0 Å². The maximum atomic E-state index is 13.5. The number of nitrogens with zero attached hydrogens (tertiary/aromatic N) is 2. The summed E-state index contributed by atoms with van der Waals surface area (Å²) in [4.78, 5) is 42.2. The summed E-state index contributed by atoms with van der Waals surface area (Å²) in [6.45, 7) is 13.9. The van der Waals surface area contributed by atoms with Crippen LogP contribution in [0.4, 0.5) is 0 Å². The van der Waals surface area contributed by atoms with Crippen LogP contribution < -0.4 is 0 Å². The molecule has 3 atom stereocenters. The molecule has 1 unspecified atom stereocenters. The summed E-state index contributed by atoms with van der Waals surface area (Å²) in [5.41, 5.74) is -1.96. The van der Waals surface area contributed by atoms with E-state index in [1.54, 1.807) is 51.3 Å². The molecule has 0 aromatic heterocycles. The first-order valence-corrected chi connectivity index (χ1v) is 11.4. The van der Waals surface area contributed by atoms with Crippen molar-refractivity contribution in [1.82, 2.24) is 9.80 Å². The fraction of sp³-hybridized carbons (Fsp3) is 0.857. The molecule has 2 aliphatic rings. The highest BCUT2D eigenvalue weighted by molar-refractivity contribution is 8.00. The van der Waals surface area contributed by atoms with Gasteiger partial charge in [-0.2, -0.15) is 0 Å². The van der Waals surface area contributed by atoms with Crippen LogP contribution >= 0.6 is 11.8 Å². The molecule has 0 aliphatic carbocycles. The minimum absolute atomic E-state index is 0.0812. The molecule has 2 aliphatic heterocycles. The fourth-order valence-corrected chi connectivity index (χ4v) is 5.37. The highest BCUT2D eigenvalue weighted by Gasteiger charge is 2.55. The SMILES string of the molecule is CC(C)[C@@](C)(C(=O)OC(C)(C)C)C(=O)N1CCC2(C1)SCCN2C(=O)C[C@@H](C)O. The van der Waals surface area contributed by atoms with E-state index in [9.17, 15) is 19.5 Å². The molecule has 1 spiro atoms. The van der Waals surface area contributed by atoms with Crippen LogP contribution in [0.25, 0.3) is 0 Å². The number of aliphatic hydroxyl groups excluding tert-OH is 1. The maximum Gasteiger partial charge on any atom is 0.322 e. The molecule has 1 N–H and O–H groups in total. The van der Waals surface area contributed by atoms with Gasteiger partial charge >= 0.3 is 5.97 Å². The normalized spacial score (nSPS) is 25.4. The Hall–Kier alpha value is -1.28. The lowest BCUT2D eigenvalue weighted by atomic mass is 9.77. The van der Waals surface area contributed by atoms with E-state index in [1.807, 2.05) is 18.7 Å². The van der Waals surface area contributed by atoms with E-state index in [0.717, 1.165) is 5.75 Å². The summed E-state index contributed by atoms with van der Waals surface area (Å²) in [6, 6.07) is 0. The second-order valence-corrected chi connectivity index (χ2v) is 11.2. The first-order chi connectivity index (χ1) is 13.2. The van der Waals surface area contributed by atoms with Crippen molar-refractivity contribution in [3.8, 4) is 0 Å². The van der Waals surface area contributed by atoms with Crippen LogP contribution in [0.5, 0.6) is 0 Å². The Bertz CT molecular complexity index is 660. The number of rotatable bonds is 5. The number of likely N-dealkylation sites (tertiary alicyclic amines) is 1. The number of carbonyl (C=O) groups is 3. The van der Waals surface area contributed by atoms with Gasteiger partial charge in [0.1, 0.15) is 15.9 Å². The smallest absolute Gasteiger partial charge is 0.322 e. The average molecular weight is 429 g/mol.